The molecule has 0 amide bonds. The summed E-state index contributed by atoms with van der Waals surface area (Å²) in [5, 5.41) is 7.86. The van der Waals surface area contributed by atoms with Crippen LogP contribution in [0.15, 0.2) is 35.0 Å². The summed E-state index contributed by atoms with van der Waals surface area (Å²) in [5.74, 6) is 0.734. The minimum Gasteiger partial charge on any atom is -0.487 e. The molecular weight excluding hydrogens is 254 g/mol. The predicted molar refractivity (Wildman–Crippen MR) is 72.9 cm³/mol. The number of halogens is 1. The number of nitrogens with one attached hydrogen (secondary N) is 1. The van der Waals surface area contributed by atoms with E-state index in [0.717, 1.165) is 17.9 Å². The smallest absolute Gasteiger partial charge is 0.138 e. The van der Waals surface area contributed by atoms with Crippen LogP contribution < -0.4 is 10.1 Å². The van der Waals surface area contributed by atoms with Gasteiger partial charge in [-0.25, -0.2) is 0 Å². The summed E-state index contributed by atoms with van der Waals surface area (Å²) in [6.07, 6.45) is 0. The maximum atomic E-state index is 6.16. The molecule has 0 bridgehead atoms. The second-order valence-electron chi connectivity index (χ2n) is 3.72. The minimum absolute atomic E-state index is 0.564. The molecule has 0 aliphatic rings. The molecule has 0 atom stereocenters. The summed E-state index contributed by atoms with van der Waals surface area (Å²) >= 11 is 7.82. The SMILES string of the molecule is CNCc1ccc(OCc2ccsc2)c(Cl)c1. The van der Waals surface area contributed by atoms with Crippen molar-refractivity contribution in [2.75, 3.05) is 7.05 Å². The molecule has 17 heavy (non-hydrogen) atoms. The van der Waals surface area contributed by atoms with Crippen LogP contribution in [0.1, 0.15) is 11.1 Å². The molecule has 0 saturated carbocycles. The Morgan fingerprint density at radius 2 is 2.18 bits per heavy atom. The predicted octanol–water partition coefficient (Wildman–Crippen LogP) is 3.70. The van der Waals surface area contributed by atoms with Crippen LogP contribution in [-0.4, -0.2) is 7.05 Å². The van der Waals surface area contributed by atoms with Crippen molar-refractivity contribution in [1.29, 1.82) is 0 Å². The van der Waals surface area contributed by atoms with Gasteiger partial charge in [-0.15, -0.1) is 0 Å². The van der Waals surface area contributed by atoms with E-state index in [1.165, 1.54) is 5.56 Å². The van der Waals surface area contributed by atoms with Gasteiger partial charge in [0.2, 0.25) is 0 Å². The fourth-order valence-electron chi connectivity index (χ4n) is 1.51. The van der Waals surface area contributed by atoms with Gasteiger partial charge < -0.3 is 10.1 Å². The van der Waals surface area contributed by atoms with Gasteiger partial charge in [-0.3, -0.25) is 0 Å². The van der Waals surface area contributed by atoms with Crippen LogP contribution in [0.3, 0.4) is 0 Å². The molecular formula is C13H14ClNOS. The average Bonchev–Trinajstić information content (AvgIpc) is 2.81. The third-order valence-corrected chi connectivity index (χ3v) is 3.38. The van der Waals surface area contributed by atoms with Gasteiger partial charge in [0.15, 0.2) is 0 Å². The van der Waals surface area contributed by atoms with Gasteiger partial charge in [0.05, 0.1) is 5.02 Å². The van der Waals surface area contributed by atoms with E-state index in [2.05, 4.69) is 10.7 Å². The van der Waals surface area contributed by atoms with E-state index < -0.39 is 0 Å². The number of hydrogen-bond acceptors (Lipinski definition) is 3. The maximum absolute atomic E-state index is 6.16. The molecule has 4 heteroatoms. The molecule has 2 nitrogen and oxygen atoms in total. The molecule has 2 rings (SSSR count). The van der Waals surface area contributed by atoms with Crippen molar-refractivity contribution < 1.29 is 4.74 Å². The molecule has 0 spiro atoms. The van der Waals surface area contributed by atoms with Crippen LogP contribution in [0.25, 0.3) is 0 Å². The summed E-state index contributed by atoms with van der Waals surface area (Å²) in [4.78, 5) is 0. The Morgan fingerprint density at radius 3 is 2.82 bits per heavy atom. The topological polar surface area (TPSA) is 21.3 Å². The van der Waals surface area contributed by atoms with Gasteiger partial charge in [-0.2, -0.15) is 11.3 Å². The molecule has 0 aliphatic carbocycles. The molecule has 0 radical (unpaired) electrons. The van der Waals surface area contributed by atoms with Crippen molar-refractivity contribution in [3.63, 3.8) is 0 Å². The van der Waals surface area contributed by atoms with Crippen LogP contribution in [0.5, 0.6) is 5.75 Å². The highest BCUT2D eigenvalue weighted by Gasteiger charge is 2.03. The van der Waals surface area contributed by atoms with Crippen LogP contribution in [0, 0.1) is 0 Å². The van der Waals surface area contributed by atoms with Gasteiger partial charge in [-0.05, 0) is 47.1 Å². The Labute approximate surface area is 110 Å². The first-order valence-corrected chi connectivity index (χ1v) is 6.68. The number of ether oxygens (including phenoxy) is 1. The van der Waals surface area contributed by atoms with Crippen molar-refractivity contribution in [3.8, 4) is 5.75 Å². The van der Waals surface area contributed by atoms with Gasteiger partial charge in [-0.1, -0.05) is 17.7 Å². The summed E-state index contributed by atoms with van der Waals surface area (Å²) in [6.45, 7) is 1.37. The molecule has 1 aromatic heterocycles. The van der Waals surface area contributed by atoms with Gasteiger partial charge >= 0.3 is 0 Å². The zero-order valence-electron chi connectivity index (χ0n) is 9.57. The molecule has 1 aromatic carbocycles. The second kappa shape index (κ2) is 6.05. The lowest BCUT2D eigenvalue weighted by Gasteiger charge is -2.08. The Balaban J connectivity index is 2.01. The van der Waals surface area contributed by atoms with Crippen LogP contribution >= 0.6 is 22.9 Å². The van der Waals surface area contributed by atoms with Crippen molar-refractivity contribution in [3.05, 3.63) is 51.2 Å². The summed E-state index contributed by atoms with van der Waals surface area (Å²) in [5.41, 5.74) is 2.32. The van der Waals surface area contributed by atoms with Crippen LogP contribution in [0.2, 0.25) is 5.02 Å². The molecule has 90 valence electrons. The minimum atomic E-state index is 0.564. The highest BCUT2D eigenvalue weighted by atomic mass is 35.5. The van der Waals surface area contributed by atoms with Gasteiger partial charge in [0.1, 0.15) is 12.4 Å². The molecule has 0 fully saturated rings. The Bertz CT molecular complexity index is 470. The van der Waals surface area contributed by atoms with E-state index >= 15 is 0 Å². The molecule has 1 heterocycles. The highest BCUT2D eigenvalue weighted by molar-refractivity contribution is 7.07. The van der Waals surface area contributed by atoms with Crippen molar-refractivity contribution in [2.45, 2.75) is 13.2 Å². The lowest BCUT2D eigenvalue weighted by atomic mass is 10.2. The van der Waals surface area contributed by atoms with Crippen molar-refractivity contribution in [1.82, 2.24) is 5.32 Å². The Morgan fingerprint density at radius 1 is 1.29 bits per heavy atom. The van der Waals surface area contributed by atoms with Crippen molar-refractivity contribution in [2.24, 2.45) is 0 Å². The first-order chi connectivity index (χ1) is 8.29. The number of benzene rings is 1. The molecule has 0 aliphatic heterocycles. The zero-order valence-corrected chi connectivity index (χ0v) is 11.1. The largest absolute Gasteiger partial charge is 0.487 e. The highest BCUT2D eigenvalue weighted by Crippen LogP contribution is 2.26. The molecule has 0 unspecified atom stereocenters. The summed E-state index contributed by atoms with van der Waals surface area (Å²) in [7, 11) is 1.91. The number of thiophene rings is 1. The molecule has 2 aromatic rings. The van der Waals surface area contributed by atoms with Crippen LogP contribution in [-0.2, 0) is 13.2 Å². The quantitative estimate of drug-likeness (QED) is 0.892. The fraction of sp³-hybridized carbons (Fsp3) is 0.231. The van der Waals surface area contributed by atoms with E-state index in [-0.39, 0.29) is 0 Å². The first-order valence-electron chi connectivity index (χ1n) is 5.36. The Hall–Kier alpha value is -1.03. The van der Waals surface area contributed by atoms with E-state index in [9.17, 15) is 0 Å². The standard InChI is InChI=1S/C13H14ClNOS/c1-15-7-10-2-3-13(12(14)6-10)16-8-11-4-5-17-9-11/h2-6,9,15H,7-8H2,1H3. The van der Waals surface area contributed by atoms with Gasteiger partial charge in [0, 0.05) is 6.54 Å². The first kappa shape index (κ1) is 12.4. The van der Waals surface area contributed by atoms with Crippen LogP contribution in [0.4, 0.5) is 0 Å². The van der Waals surface area contributed by atoms with E-state index in [1.54, 1.807) is 11.3 Å². The third kappa shape index (κ3) is 3.46. The summed E-state index contributed by atoms with van der Waals surface area (Å²) < 4.78 is 5.67. The molecule has 1 N–H and O–H groups in total. The van der Waals surface area contributed by atoms with E-state index in [1.807, 2.05) is 36.7 Å². The Kier molecular flexibility index (Phi) is 4.42. The molecule has 0 saturated heterocycles. The maximum Gasteiger partial charge on any atom is 0.138 e. The third-order valence-electron chi connectivity index (χ3n) is 2.35. The normalized spacial score (nSPS) is 10.5. The average molecular weight is 268 g/mol. The van der Waals surface area contributed by atoms with Crippen molar-refractivity contribution >= 4 is 22.9 Å². The lowest BCUT2D eigenvalue weighted by Crippen LogP contribution is -2.05. The lowest BCUT2D eigenvalue weighted by molar-refractivity contribution is 0.307. The fourth-order valence-corrected chi connectivity index (χ4v) is 2.42. The van der Waals surface area contributed by atoms with E-state index in [0.29, 0.717) is 11.6 Å². The number of hydrogen-bond donors (Lipinski definition) is 1. The number of rotatable bonds is 5. The second-order valence-corrected chi connectivity index (χ2v) is 4.90. The summed E-state index contributed by atoms with van der Waals surface area (Å²) in [6, 6.07) is 7.92. The van der Waals surface area contributed by atoms with E-state index in [4.69, 9.17) is 16.3 Å². The monoisotopic (exact) mass is 267 g/mol. The van der Waals surface area contributed by atoms with Gasteiger partial charge in [0.25, 0.3) is 0 Å². The zero-order chi connectivity index (χ0) is 12.1.